The minimum Gasteiger partial charge on any atom is -0.504 e. The molecule has 1 heterocycles. The van der Waals surface area contributed by atoms with Gasteiger partial charge in [-0.1, -0.05) is 12.1 Å². The molecule has 0 saturated heterocycles. The molecule has 1 N–H and O–H groups in total. The Morgan fingerprint density at radius 1 is 1.16 bits per heavy atom. The van der Waals surface area contributed by atoms with Gasteiger partial charge in [-0.2, -0.15) is 0 Å². The highest BCUT2D eigenvalue weighted by Gasteiger charge is 2.07. The second-order valence-electron chi connectivity index (χ2n) is 4.16. The predicted molar refractivity (Wildman–Crippen MR) is 74.2 cm³/mol. The van der Waals surface area contributed by atoms with Gasteiger partial charge in [0, 0.05) is 15.6 Å². The lowest BCUT2D eigenvalue weighted by Crippen LogP contribution is -1.94. The maximum atomic E-state index is 13.2. The van der Waals surface area contributed by atoms with Crippen molar-refractivity contribution in [1.82, 2.24) is 0 Å². The summed E-state index contributed by atoms with van der Waals surface area (Å²) in [6.07, 6.45) is 0. The lowest BCUT2D eigenvalue weighted by Gasteiger charge is -2.07. The van der Waals surface area contributed by atoms with Gasteiger partial charge in [0.15, 0.2) is 11.5 Å². The van der Waals surface area contributed by atoms with Crippen LogP contribution in [0.4, 0.5) is 4.39 Å². The molecule has 0 spiro atoms. The summed E-state index contributed by atoms with van der Waals surface area (Å²) >= 11 is 1.55. The highest BCUT2D eigenvalue weighted by atomic mass is 32.1. The van der Waals surface area contributed by atoms with Gasteiger partial charge in [0.1, 0.15) is 12.4 Å². The van der Waals surface area contributed by atoms with Crippen LogP contribution in [0.25, 0.3) is 10.1 Å². The number of thiophene rings is 1. The van der Waals surface area contributed by atoms with Crippen LogP contribution in [-0.2, 0) is 6.61 Å². The second kappa shape index (κ2) is 4.90. The summed E-state index contributed by atoms with van der Waals surface area (Å²) in [7, 11) is 0. The molecule has 3 rings (SSSR count). The van der Waals surface area contributed by atoms with E-state index in [2.05, 4.69) is 0 Å². The van der Waals surface area contributed by atoms with E-state index in [1.165, 1.54) is 12.1 Å². The Balaban J connectivity index is 1.86. The first-order valence-corrected chi connectivity index (χ1v) is 6.68. The van der Waals surface area contributed by atoms with Crippen LogP contribution in [0.2, 0.25) is 0 Å². The SMILES string of the molecule is Oc1ccccc1OCc1csc2ccc(F)cc12. The van der Waals surface area contributed by atoms with E-state index in [1.54, 1.807) is 41.7 Å². The monoisotopic (exact) mass is 274 g/mol. The Morgan fingerprint density at radius 3 is 2.84 bits per heavy atom. The Hall–Kier alpha value is -2.07. The van der Waals surface area contributed by atoms with Crippen LogP contribution >= 0.6 is 11.3 Å². The van der Waals surface area contributed by atoms with Crippen molar-refractivity contribution in [3.63, 3.8) is 0 Å². The fraction of sp³-hybridized carbons (Fsp3) is 0.0667. The largest absolute Gasteiger partial charge is 0.504 e. The van der Waals surface area contributed by atoms with E-state index in [1.807, 2.05) is 5.38 Å². The van der Waals surface area contributed by atoms with E-state index < -0.39 is 0 Å². The quantitative estimate of drug-likeness (QED) is 0.770. The average Bonchev–Trinajstić information content (AvgIpc) is 2.80. The standard InChI is InChI=1S/C15H11FO2S/c16-11-5-6-15-12(7-11)10(9-19-15)8-18-14-4-2-1-3-13(14)17/h1-7,9,17H,8H2. The summed E-state index contributed by atoms with van der Waals surface area (Å²) in [6.45, 7) is 0.307. The number of hydrogen-bond donors (Lipinski definition) is 1. The second-order valence-corrected chi connectivity index (χ2v) is 5.07. The molecule has 2 nitrogen and oxygen atoms in total. The number of fused-ring (bicyclic) bond motifs is 1. The molecule has 0 unspecified atom stereocenters. The summed E-state index contributed by atoms with van der Waals surface area (Å²) in [5.41, 5.74) is 0.919. The minimum absolute atomic E-state index is 0.105. The van der Waals surface area contributed by atoms with Crippen molar-refractivity contribution < 1.29 is 14.2 Å². The van der Waals surface area contributed by atoms with Crippen LogP contribution in [0.3, 0.4) is 0 Å². The lowest BCUT2D eigenvalue weighted by atomic mass is 10.2. The number of phenols is 1. The zero-order chi connectivity index (χ0) is 13.2. The molecule has 0 aliphatic rings. The summed E-state index contributed by atoms with van der Waals surface area (Å²) in [5.74, 6) is 0.279. The Labute approximate surface area is 113 Å². The third-order valence-electron chi connectivity index (χ3n) is 2.86. The van der Waals surface area contributed by atoms with Crippen LogP contribution in [0, 0.1) is 5.82 Å². The molecule has 0 aliphatic carbocycles. The zero-order valence-corrected chi connectivity index (χ0v) is 10.8. The normalized spacial score (nSPS) is 10.8. The fourth-order valence-corrected chi connectivity index (χ4v) is 2.83. The van der Waals surface area contributed by atoms with Crippen LogP contribution < -0.4 is 4.74 Å². The molecule has 0 atom stereocenters. The molecule has 0 bridgehead atoms. The Morgan fingerprint density at radius 2 is 2.00 bits per heavy atom. The van der Waals surface area contributed by atoms with Gasteiger partial charge in [0.05, 0.1) is 0 Å². The van der Waals surface area contributed by atoms with Crippen LogP contribution in [0.5, 0.6) is 11.5 Å². The van der Waals surface area contributed by atoms with E-state index in [-0.39, 0.29) is 11.6 Å². The predicted octanol–water partition coefficient (Wildman–Crippen LogP) is 4.33. The first kappa shape index (κ1) is 12.0. The maximum Gasteiger partial charge on any atom is 0.161 e. The van der Waals surface area contributed by atoms with Crippen LogP contribution in [0.1, 0.15) is 5.56 Å². The smallest absolute Gasteiger partial charge is 0.161 e. The van der Waals surface area contributed by atoms with Crippen molar-refractivity contribution in [3.8, 4) is 11.5 Å². The highest BCUT2D eigenvalue weighted by molar-refractivity contribution is 7.17. The van der Waals surface area contributed by atoms with E-state index in [0.29, 0.717) is 12.4 Å². The maximum absolute atomic E-state index is 13.2. The number of phenolic OH excluding ortho intramolecular Hbond substituents is 1. The lowest BCUT2D eigenvalue weighted by molar-refractivity contribution is 0.290. The molecule has 1 aromatic heterocycles. The number of ether oxygens (including phenoxy) is 1. The van der Waals surface area contributed by atoms with Crippen molar-refractivity contribution >= 4 is 21.4 Å². The van der Waals surface area contributed by atoms with E-state index in [9.17, 15) is 9.50 Å². The molecule has 0 aliphatic heterocycles. The van der Waals surface area contributed by atoms with Crippen molar-refractivity contribution in [3.05, 3.63) is 59.2 Å². The molecular formula is C15H11FO2S. The molecule has 0 amide bonds. The van der Waals surface area contributed by atoms with Gasteiger partial charge in [-0.05, 0) is 35.7 Å². The van der Waals surface area contributed by atoms with Crippen LogP contribution in [0.15, 0.2) is 47.8 Å². The Kier molecular flexibility index (Phi) is 3.09. The molecule has 2 aromatic carbocycles. The number of hydrogen-bond acceptors (Lipinski definition) is 3. The van der Waals surface area contributed by atoms with Gasteiger partial charge < -0.3 is 9.84 Å². The van der Waals surface area contributed by atoms with Crippen molar-refractivity contribution in [1.29, 1.82) is 0 Å². The molecular weight excluding hydrogens is 263 g/mol. The number of aromatic hydroxyl groups is 1. The molecule has 19 heavy (non-hydrogen) atoms. The van der Waals surface area contributed by atoms with Gasteiger partial charge in [0.2, 0.25) is 0 Å². The first-order chi connectivity index (χ1) is 9.24. The van der Waals surface area contributed by atoms with Crippen molar-refractivity contribution in [2.24, 2.45) is 0 Å². The van der Waals surface area contributed by atoms with Crippen molar-refractivity contribution in [2.45, 2.75) is 6.61 Å². The summed E-state index contributed by atoms with van der Waals surface area (Å²) in [4.78, 5) is 0. The van der Waals surface area contributed by atoms with E-state index in [0.717, 1.165) is 15.6 Å². The van der Waals surface area contributed by atoms with Crippen molar-refractivity contribution in [2.75, 3.05) is 0 Å². The first-order valence-electron chi connectivity index (χ1n) is 5.80. The van der Waals surface area contributed by atoms with Gasteiger partial charge in [-0.25, -0.2) is 4.39 Å². The molecule has 0 saturated carbocycles. The zero-order valence-electron chi connectivity index (χ0n) is 9.97. The van der Waals surface area contributed by atoms with Gasteiger partial charge >= 0.3 is 0 Å². The van der Waals surface area contributed by atoms with Crippen LogP contribution in [-0.4, -0.2) is 5.11 Å². The number of benzene rings is 2. The summed E-state index contributed by atoms with van der Waals surface area (Å²) < 4.78 is 19.8. The van der Waals surface area contributed by atoms with Gasteiger partial charge in [-0.3, -0.25) is 0 Å². The third-order valence-corrected chi connectivity index (χ3v) is 3.88. The van der Waals surface area contributed by atoms with Gasteiger partial charge in [0.25, 0.3) is 0 Å². The summed E-state index contributed by atoms with van der Waals surface area (Å²) in [6, 6.07) is 11.5. The number of rotatable bonds is 3. The third kappa shape index (κ3) is 2.39. The van der Waals surface area contributed by atoms with Gasteiger partial charge in [-0.15, -0.1) is 11.3 Å². The number of halogens is 1. The molecule has 0 fully saturated rings. The fourth-order valence-electron chi connectivity index (χ4n) is 1.90. The topological polar surface area (TPSA) is 29.5 Å². The molecule has 3 aromatic rings. The number of para-hydroxylation sites is 2. The average molecular weight is 274 g/mol. The van der Waals surface area contributed by atoms with E-state index >= 15 is 0 Å². The van der Waals surface area contributed by atoms with E-state index in [4.69, 9.17) is 4.74 Å². The highest BCUT2D eigenvalue weighted by Crippen LogP contribution is 2.30. The molecule has 0 radical (unpaired) electrons. The minimum atomic E-state index is -0.255. The Bertz CT molecular complexity index is 721. The molecule has 96 valence electrons. The molecule has 4 heteroatoms. The summed E-state index contributed by atoms with van der Waals surface area (Å²) in [5, 5.41) is 12.4.